The molecule has 2 heterocycles. The first-order chi connectivity index (χ1) is 9.92. The Bertz CT molecular complexity index is 631. The largest absolute Gasteiger partial charge is 0.465 e. The van der Waals surface area contributed by atoms with Crippen LogP contribution in [0.2, 0.25) is 25.7 Å². The first kappa shape index (κ1) is 15.7. The van der Waals surface area contributed by atoms with Gasteiger partial charge in [-0.05, 0) is 18.2 Å². The Labute approximate surface area is 125 Å². The molecule has 0 saturated carbocycles. The molecule has 0 amide bonds. The van der Waals surface area contributed by atoms with Gasteiger partial charge in [0.1, 0.15) is 12.4 Å². The molecule has 0 unspecified atom stereocenters. The Hall–Kier alpha value is -1.66. The van der Waals surface area contributed by atoms with E-state index in [1.807, 2.05) is 16.7 Å². The molecule has 0 spiro atoms. The van der Waals surface area contributed by atoms with Crippen LogP contribution in [-0.4, -0.2) is 37.3 Å². The highest BCUT2D eigenvalue weighted by Crippen LogP contribution is 2.20. The van der Waals surface area contributed by atoms with Crippen LogP contribution in [-0.2, 0) is 16.2 Å². The van der Waals surface area contributed by atoms with Crippen LogP contribution in [0.4, 0.5) is 0 Å². The molecule has 0 saturated heterocycles. The van der Waals surface area contributed by atoms with Crippen molar-refractivity contribution < 1.29 is 14.3 Å². The van der Waals surface area contributed by atoms with Crippen molar-refractivity contribution in [2.45, 2.75) is 32.4 Å². The number of fused-ring (bicyclic) bond motifs is 1. The van der Waals surface area contributed by atoms with Crippen LogP contribution >= 0.6 is 0 Å². The lowest BCUT2D eigenvalue weighted by atomic mass is 10.2. The van der Waals surface area contributed by atoms with Crippen LogP contribution in [0.3, 0.4) is 0 Å². The maximum Gasteiger partial charge on any atom is 0.340 e. The average Bonchev–Trinajstić information content (AvgIpc) is 2.81. The third-order valence-corrected chi connectivity index (χ3v) is 4.97. The van der Waals surface area contributed by atoms with Crippen molar-refractivity contribution >= 4 is 25.1 Å². The van der Waals surface area contributed by atoms with Gasteiger partial charge in [0.15, 0.2) is 0 Å². The van der Waals surface area contributed by atoms with Crippen LogP contribution in [0.5, 0.6) is 0 Å². The second-order valence-corrected chi connectivity index (χ2v) is 11.8. The Morgan fingerprint density at radius 1 is 1.38 bits per heavy atom. The molecule has 21 heavy (non-hydrogen) atoms. The number of hydrogen-bond acceptors (Lipinski definition) is 4. The van der Waals surface area contributed by atoms with Gasteiger partial charge in [-0.15, -0.1) is 0 Å². The minimum Gasteiger partial charge on any atom is -0.465 e. The van der Waals surface area contributed by atoms with E-state index in [0.717, 1.165) is 23.7 Å². The average molecular weight is 306 g/mol. The van der Waals surface area contributed by atoms with Crippen molar-refractivity contribution in [3.05, 3.63) is 30.1 Å². The summed E-state index contributed by atoms with van der Waals surface area (Å²) in [7, 11) is 0.290. The number of nitrogens with zero attached hydrogens (tertiary/aromatic N) is 2. The molecular formula is C15H22N2O3Si. The van der Waals surface area contributed by atoms with Gasteiger partial charge in [0.25, 0.3) is 0 Å². The van der Waals surface area contributed by atoms with E-state index in [-0.39, 0.29) is 5.97 Å². The predicted octanol–water partition coefficient (Wildman–Crippen LogP) is 3.14. The molecule has 0 aliphatic heterocycles. The van der Waals surface area contributed by atoms with E-state index in [2.05, 4.69) is 24.6 Å². The summed E-state index contributed by atoms with van der Waals surface area (Å²) < 4.78 is 12.4. The van der Waals surface area contributed by atoms with Gasteiger partial charge in [0.2, 0.25) is 0 Å². The Morgan fingerprint density at radius 3 is 2.81 bits per heavy atom. The van der Waals surface area contributed by atoms with Crippen LogP contribution < -0.4 is 0 Å². The molecule has 0 radical (unpaired) electrons. The van der Waals surface area contributed by atoms with Gasteiger partial charge in [-0.2, -0.15) is 0 Å². The van der Waals surface area contributed by atoms with Gasteiger partial charge in [0.05, 0.1) is 12.7 Å². The van der Waals surface area contributed by atoms with Gasteiger partial charge in [-0.3, -0.25) is 0 Å². The lowest BCUT2D eigenvalue weighted by Gasteiger charge is -2.15. The van der Waals surface area contributed by atoms with Crippen molar-refractivity contribution in [1.82, 2.24) is 9.55 Å². The van der Waals surface area contributed by atoms with Gasteiger partial charge >= 0.3 is 5.97 Å². The number of rotatable bonds is 6. The normalized spacial score (nSPS) is 11.8. The number of carbonyl (C=O) groups excluding carboxylic acids is 1. The molecule has 0 aliphatic rings. The highest BCUT2D eigenvalue weighted by Gasteiger charge is 2.16. The van der Waals surface area contributed by atoms with Gasteiger partial charge in [0, 0.05) is 32.5 Å². The first-order valence-corrected chi connectivity index (χ1v) is 10.7. The van der Waals surface area contributed by atoms with Crippen LogP contribution in [0.25, 0.3) is 11.0 Å². The monoisotopic (exact) mass is 306 g/mol. The maximum absolute atomic E-state index is 11.8. The third kappa shape index (κ3) is 3.92. The molecule has 0 bridgehead atoms. The van der Waals surface area contributed by atoms with Crippen molar-refractivity contribution in [3.8, 4) is 0 Å². The second kappa shape index (κ2) is 6.40. The summed E-state index contributed by atoms with van der Waals surface area (Å²) in [5.74, 6) is -0.353. The Morgan fingerprint density at radius 2 is 2.14 bits per heavy atom. The predicted molar refractivity (Wildman–Crippen MR) is 85.2 cm³/mol. The fourth-order valence-electron chi connectivity index (χ4n) is 2.03. The van der Waals surface area contributed by atoms with Gasteiger partial charge in [-0.1, -0.05) is 19.6 Å². The van der Waals surface area contributed by atoms with Crippen molar-refractivity contribution in [1.29, 1.82) is 0 Å². The highest BCUT2D eigenvalue weighted by atomic mass is 28.3. The number of aromatic nitrogens is 2. The molecule has 0 aliphatic carbocycles. The van der Waals surface area contributed by atoms with E-state index in [4.69, 9.17) is 9.47 Å². The van der Waals surface area contributed by atoms with Gasteiger partial charge in [-0.25, -0.2) is 9.78 Å². The summed E-state index contributed by atoms with van der Waals surface area (Å²) in [5, 5.41) is 0.790. The fourth-order valence-corrected chi connectivity index (χ4v) is 2.79. The Kier molecular flexibility index (Phi) is 4.79. The number of esters is 1. The van der Waals surface area contributed by atoms with E-state index >= 15 is 0 Å². The molecule has 2 rings (SSSR count). The molecule has 2 aromatic rings. The topological polar surface area (TPSA) is 53.4 Å². The van der Waals surface area contributed by atoms with E-state index in [0.29, 0.717) is 12.3 Å². The smallest absolute Gasteiger partial charge is 0.340 e. The van der Waals surface area contributed by atoms with E-state index in [9.17, 15) is 4.79 Å². The molecule has 2 aromatic heterocycles. The fraction of sp³-hybridized carbons (Fsp3) is 0.467. The van der Waals surface area contributed by atoms with Crippen molar-refractivity contribution in [3.63, 3.8) is 0 Å². The zero-order valence-electron chi connectivity index (χ0n) is 13.0. The summed E-state index contributed by atoms with van der Waals surface area (Å²) in [6, 6.07) is 4.79. The zero-order valence-corrected chi connectivity index (χ0v) is 14.0. The van der Waals surface area contributed by atoms with E-state index in [1.165, 1.54) is 7.11 Å². The zero-order chi connectivity index (χ0) is 15.5. The molecular weight excluding hydrogens is 284 g/mol. The Balaban J connectivity index is 2.15. The highest BCUT2D eigenvalue weighted by molar-refractivity contribution is 6.76. The molecule has 5 nitrogen and oxygen atoms in total. The molecule has 0 N–H and O–H groups in total. The third-order valence-electron chi connectivity index (χ3n) is 3.27. The standard InChI is InChI=1S/C15H22N2O3Si/c1-19-15(18)13-10-17(11-20-8-9-21(2,3)4)14-12(13)6-5-7-16-14/h5-7,10H,8-9,11H2,1-4H3. The molecule has 114 valence electrons. The molecule has 0 atom stereocenters. The summed E-state index contributed by atoms with van der Waals surface area (Å²) in [6.45, 7) is 8.08. The van der Waals surface area contributed by atoms with Crippen molar-refractivity contribution in [2.24, 2.45) is 0 Å². The quantitative estimate of drug-likeness (QED) is 0.467. The number of ether oxygens (including phenoxy) is 2. The van der Waals surface area contributed by atoms with Crippen LogP contribution in [0.15, 0.2) is 24.5 Å². The number of carbonyl (C=O) groups is 1. The lowest BCUT2D eigenvalue weighted by molar-refractivity contribution is 0.0601. The summed E-state index contributed by atoms with van der Waals surface area (Å²) in [4.78, 5) is 16.1. The minimum atomic E-state index is -1.09. The number of hydrogen-bond donors (Lipinski definition) is 0. The minimum absolute atomic E-state index is 0.353. The number of pyridine rings is 1. The molecule has 6 heteroatoms. The lowest BCUT2D eigenvalue weighted by Crippen LogP contribution is -2.22. The van der Waals surface area contributed by atoms with Gasteiger partial charge < -0.3 is 14.0 Å². The summed E-state index contributed by atoms with van der Waals surface area (Å²) >= 11 is 0. The SMILES string of the molecule is COC(=O)c1cn(COCC[Si](C)(C)C)c2ncccc12. The van der Waals surface area contributed by atoms with E-state index in [1.54, 1.807) is 12.4 Å². The first-order valence-electron chi connectivity index (χ1n) is 7.02. The van der Waals surface area contributed by atoms with Crippen LogP contribution in [0.1, 0.15) is 10.4 Å². The van der Waals surface area contributed by atoms with Crippen molar-refractivity contribution in [2.75, 3.05) is 13.7 Å². The second-order valence-electron chi connectivity index (χ2n) is 6.23. The molecule has 0 fully saturated rings. The summed E-state index contributed by atoms with van der Waals surface area (Å²) in [6.07, 6.45) is 3.46. The molecule has 0 aromatic carbocycles. The van der Waals surface area contributed by atoms with Crippen LogP contribution in [0, 0.1) is 0 Å². The number of methoxy groups -OCH3 is 1. The summed E-state index contributed by atoms with van der Waals surface area (Å²) in [5.41, 5.74) is 1.26. The van der Waals surface area contributed by atoms with E-state index < -0.39 is 8.07 Å². The maximum atomic E-state index is 11.8.